The summed E-state index contributed by atoms with van der Waals surface area (Å²) in [6, 6.07) is 20.9. The number of aryl methyl sites for hydroxylation is 2. The fraction of sp³-hybridized carbons (Fsp3) is 0.136. The van der Waals surface area contributed by atoms with Crippen LogP contribution in [-0.2, 0) is 4.79 Å². The summed E-state index contributed by atoms with van der Waals surface area (Å²) >= 11 is 5.97. The molecule has 0 aliphatic rings. The minimum atomic E-state index is -0.458. The molecule has 0 radical (unpaired) electrons. The molecule has 0 atom stereocenters. The largest absolute Gasteiger partial charge is 0.482 e. The van der Waals surface area contributed by atoms with Crippen molar-refractivity contribution in [3.05, 3.63) is 82.9 Å². The molecule has 0 heterocycles. The van der Waals surface area contributed by atoms with Crippen LogP contribution in [0.15, 0.2) is 66.7 Å². The first-order valence-electron chi connectivity index (χ1n) is 8.28. The van der Waals surface area contributed by atoms with Crippen molar-refractivity contribution in [3.63, 3.8) is 0 Å². The molecule has 0 aliphatic heterocycles. The summed E-state index contributed by atoms with van der Waals surface area (Å²) in [5.74, 6) is 0.612. The lowest BCUT2D eigenvalue weighted by Gasteiger charge is -2.09. The van der Waals surface area contributed by atoms with Crippen LogP contribution in [0.1, 0.15) is 11.1 Å². The first-order chi connectivity index (χ1) is 12.5. The lowest BCUT2D eigenvalue weighted by molar-refractivity contribution is -0.136. The van der Waals surface area contributed by atoms with Gasteiger partial charge in [0.1, 0.15) is 11.5 Å². The summed E-state index contributed by atoms with van der Waals surface area (Å²) in [6.07, 6.45) is 0. The van der Waals surface area contributed by atoms with Crippen molar-refractivity contribution < 1.29 is 14.3 Å². The molecule has 132 valence electrons. The second-order valence-electron chi connectivity index (χ2n) is 6.06. The summed E-state index contributed by atoms with van der Waals surface area (Å²) in [5, 5.41) is 0.661. The number of hydrogen-bond donors (Lipinski definition) is 0. The fourth-order valence-corrected chi connectivity index (χ4v) is 2.59. The average molecular weight is 367 g/mol. The third-order valence-electron chi connectivity index (χ3n) is 3.96. The van der Waals surface area contributed by atoms with Crippen molar-refractivity contribution in [1.82, 2.24) is 0 Å². The highest BCUT2D eigenvalue weighted by atomic mass is 35.5. The molecule has 3 aromatic rings. The van der Waals surface area contributed by atoms with Gasteiger partial charge in [-0.2, -0.15) is 0 Å². The molecule has 0 fully saturated rings. The van der Waals surface area contributed by atoms with Gasteiger partial charge in [-0.05, 0) is 60.9 Å². The highest BCUT2D eigenvalue weighted by Gasteiger charge is 2.07. The average Bonchev–Trinajstić information content (AvgIpc) is 2.64. The van der Waals surface area contributed by atoms with Gasteiger partial charge in [-0.25, -0.2) is 4.79 Å². The highest BCUT2D eigenvalue weighted by Crippen LogP contribution is 2.23. The number of ether oxygens (including phenoxy) is 2. The van der Waals surface area contributed by atoms with Gasteiger partial charge >= 0.3 is 5.97 Å². The lowest BCUT2D eigenvalue weighted by atomic mass is 10.0. The summed E-state index contributed by atoms with van der Waals surface area (Å²) in [4.78, 5) is 12.0. The van der Waals surface area contributed by atoms with Crippen LogP contribution in [0.4, 0.5) is 0 Å². The Morgan fingerprint density at radius 1 is 0.846 bits per heavy atom. The molecule has 0 saturated heterocycles. The van der Waals surface area contributed by atoms with Crippen LogP contribution in [0.25, 0.3) is 11.1 Å². The molecule has 3 rings (SSSR count). The van der Waals surface area contributed by atoms with Gasteiger partial charge in [0.15, 0.2) is 6.61 Å². The van der Waals surface area contributed by atoms with Crippen molar-refractivity contribution >= 4 is 17.6 Å². The Morgan fingerprint density at radius 3 is 2.04 bits per heavy atom. The number of rotatable bonds is 5. The lowest BCUT2D eigenvalue weighted by Crippen LogP contribution is -2.17. The maximum atomic E-state index is 12.0. The zero-order chi connectivity index (χ0) is 18.5. The van der Waals surface area contributed by atoms with E-state index < -0.39 is 5.97 Å². The molecule has 0 aromatic heterocycles. The number of halogens is 1. The number of benzene rings is 3. The molecule has 0 amide bonds. The predicted molar refractivity (Wildman–Crippen MR) is 104 cm³/mol. The van der Waals surface area contributed by atoms with Gasteiger partial charge < -0.3 is 9.47 Å². The van der Waals surface area contributed by atoms with E-state index in [2.05, 4.69) is 31.2 Å². The number of carbonyl (C=O) groups is 1. The smallest absolute Gasteiger partial charge is 0.349 e. The van der Waals surface area contributed by atoms with Crippen molar-refractivity contribution in [3.8, 4) is 22.6 Å². The topological polar surface area (TPSA) is 35.5 Å². The van der Waals surface area contributed by atoms with E-state index in [0.29, 0.717) is 16.5 Å². The van der Waals surface area contributed by atoms with E-state index in [1.54, 1.807) is 30.3 Å². The van der Waals surface area contributed by atoms with E-state index in [9.17, 15) is 4.79 Å². The predicted octanol–water partition coefficient (Wildman–Crippen LogP) is 5.61. The summed E-state index contributed by atoms with van der Waals surface area (Å²) in [6.45, 7) is 3.77. The molecule has 0 bridgehead atoms. The SMILES string of the molecule is Cc1ccc(-c2ccc(OC(=O)COc3ccc(Cl)c(C)c3)cc2)cc1. The van der Waals surface area contributed by atoms with Crippen LogP contribution in [0.3, 0.4) is 0 Å². The molecule has 0 unspecified atom stereocenters. The summed E-state index contributed by atoms with van der Waals surface area (Å²) in [5.41, 5.74) is 4.30. The quantitative estimate of drug-likeness (QED) is 0.435. The minimum absolute atomic E-state index is 0.166. The van der Waals surface area contributed by atoms with Crippen LogP contribution in [-0.4, -0.2) is 12.6 Å². The van der Waals surface area contributed by atoms with E-state index in [1.165, 1.54) is 5.56 Å². The van der Waals surface area contributed by atoms with E-state index >= 15 is 0 Å². The Hall–Kier alpha value is -2.78. The molecule has 0 spiro atoms. The molecule has 3 nitrogen and oxygen atoms in total. The van der Waals surface area contributed by atoms with Crippen molar-refractivity contribution in [2.24, 2.45) is 0 Å². The zero-order valence-corrected chi connectivity index (χ0v) is 15.4. The van der Waals surface area contributed by atoms with Crippen molar-refractivity contribution in [1.29, 1.82) is 0 Å². The summed E-state index contributed by atoms with van der Waals surface area (Å²) < 4.78 is 10.8. The number of carbonyl (C=O) groups excluding carboxylic acids is 1. The second-order valence-corrected chi connectivity index (χ2v) is 6.47. The number of esters is 1. The Labute approximate surface area is 158 Å². The van der Waals surface area contributed by atoms with E-state index in [0.717, 1.165) is 16.7 Å². The maximum Gasteiger partial charge on any atom is 0.349 e. The monoisotopic (exact) mass is 366 g/mol. The standard InChI is InChI=1S/C22H19ClO3/c1-15-3-5-17(6-4-15)18-7-9-19(10-8-18)26-22(24)14-25-20-11-12-21(23)16(2)13-20/h3-13H,14H2,1-2H3. The van der Waals surface area contributed by atoms with Crippen molar-refractivity contribution in [2.75, 3.05) is 6.61 Å². The van der Waals surface area contributed by atoms with E-state index in [1.807, 2.05) is 19.1 Å². The Bertz CT molecular complexity index is 900. The molecular formula is C22H19ClO3. The molecule has 0 aliphatic carbocycles. The Kier molecular flexibility index (Phi) is 5.59. The van der Waals surface area contributed by atoms with E-state index in [-0.39, 0.29) is 6.61 Å². The molecule has 26 heavy (non-hydrogen) atoms. The normalized spacial score (nSPS) is 10.4. The van der Waals surface area contributed by atoms with E-state index in [4.69, 9.17) is 21.1 Å². The van der Waals surface area contributed by atoms with Crippen LogP contribution < -0.4 is 9.47 Å². The third kappa shape index (κ3) is 4.64. The zero-order valence-electron chi connectivity index (χ0n) is 14.7. The van der Waals surface area contributed by atoms with Gasteiger partial charge in [0.25, 0.3) is 0 Å². The van der Waals surface area contributed by atoms with Gasteiger partial charge in [-0.3, -0.25) is 0 Å². The fourth-order valence-electron chi connectivity index (χ4n) is 2.47. The molecular weight excluding hydrogens is 348 g/mol. The van der Waals surface area contributed by atoms with Crippen molar-refractivity contribution in [2.45, 2.75) is 13.8 Å². The molecule has 0 saturated carbocycles. The Morgan fingerprint density at radius 2 is 1.42 bits per heavy atom. The van der Waals surface area contributed by atoms with Gasteiger partial charge in [0.2, 0.25) is 0 Å². The van der Waals surface area contributed by atoms with Crippen LogP contribution in [0.5, 0.6) is 11.5 Å². The van der Waals surface area contributed by atoms with Gasteiger partial charge in [-0.15, -0.1) is 0 Å². The first kappa shape index (κ1) is 18.0. The van der Waals surface area contributed by atoms with Crippen LogP contribution >= 0.6 is 11.6 Å². The maximum absolute atomic E-state index is 12.0. The van der Waals surface area contributed by atoms with Crippen LogP contribution in [0.2, 0.25) is 5.02 Å². The van der Waals surface area contributed by atoms with Gasteiger partial charge in [0, 0.05) is 5.02 Å². The third-order valence-corrected chi connectivity index (χ3v) is 4.38. The summed E-state index contributed by atoms with van der Waals surface area (Å²) in [7, 11) is 0. The molecule has 0 N–H and O–H groups in total. The van der Waals surface area contributed by atoms with Gasteiger partial charge in [-0.1, -0.05) is 53.6 Å². The number of hydrogen-bond acceptors (Lipinski definition) is 3. The van der Waals surface area contributed by atoms with Crippen LogP contribution in [0, 0.1) is 13.8 Å². The highest BCUT2D eigenvalue weighted by molar-refractivity contribution is 6.31. The second kappa shape index (κ2) is 8.07. The minimum Gasteiger partial charge on any atom is -0.482 e. The molecule has 3 aromatic carbocycles. The first-order valence-corrected chi connectivity index (χ1v) is 8.66. The Balaban J connectivity index is 1.57. The van der Waals surface area contributed by atoms with Gasteiger partial charge in [0.05, 0.1) is 0 Å². The molecule has 4 heteroatoms.